The van der Waals surface area contributed by atoms with Gasteiger partial charge in [-0.25, -0.2) is 0 Å². The van der Waals surface area contributed by atoms with Crippen LogP contribution in [0.4, 0.5) is 0 Å². The van der Waals surface area contributed by atoms with Gasteiger partial charge in [-0.1, -0.05) is 363 Å². The molecule has 0 bridgehead atoms. The van der Waals surface area contributed by atoms with Gasteiger partial charge >= 0.3 is 0 Å². The van der Waals surface area contributed by atoms with Gasteiger partial charge in [0, 0.05) is 32.7 Å². The van der Waals surface area contributed by atoms with Gasteiger partial charge in [0.15, 0.2) is 0 Å². The maximum Gasteiger partial charge on any atom is 0 e. The fraction of sp³-hybridized carbons (Fsp3) is 0.135. The van der Waals surface area contributed by atoms with Crippen LogP contribution >= 0.6 is 9.90 Å². The smallest absolute Gasteiger partial charge is 0 e. The van der Waals surface area contributed by atoms with E-state index in [2.05, 4.69) is 376 Å². The van der Waals surface area contributed by atoms with Crippen molar-refractivity contribution < 1.29 is 32.7 Å². The third kappa shape index (κ3) is 22.0. The zero-order valence-corrected chi connectivity index (χ0v) is 65.2. The van der Waals surface area contributed by atoms with Crippen molar-refractivity contribution in [1.29, 1.82) is 0 Å². The van der Waals surface area contributed by atoms with Gasteiger partial charge in [0.1, 0.15) is 0 Å². The number of benzene rings is 15. The predicted octanol–water partition coefficient (Wildman–Crippen LogP) is 23.8. The monoisotopic (exact) mass is 1460 g/mol. The molecule has 0 N–H and O–H groups in total. The van der Waals surface area contributed by atoms with Crippen LogP contribution in [0.5, 0.6) is 0 Å². The first-order chi connectivity index (χ1) is 51.3. The Morgan fingerprint density at radius 2 is 0.217 bits per heavy atom. The Labute approximate surface area is 658 Å². The van der Waals surface area contributed by atoms with Gasteiger partial charge in [0.2, 0.25) is 0 Å². The second-order valence-corrected chi connectivity index (χ2v) is 29.1. The van der Waals surface area contributed by atoms with Crippen molar-refractivity contribution in [3.8, 4) is 0 Å². The van der Waals surface area contributed by atoms with Gasteiger partial charge in [-0.2, -0.15) is 45.3 Å². The van der Waals surface area contributed by atoms with Gasteiger partial charge < -0.3 is 0 Å². The molecule has 15 rings (SSSR count). The van der Waals surface area contributed by atoms with Crippen LogP contribution in [-0.4, -0.2) is 0 Å². The van der Waals surface area contributed by atoms with Crippen LogP contribution in [0, 0.1) is 6.07 Å². The Morgan fingerprint density at radius 1 is 0.123 bits per heavy atom. The fourth-order valence-electron chi connectivity index (χ4n) is 15.7. The molecular formula is C104H92PY-. The molecule has 1 radical (unpaired) electrons. The minimum Gasteiger partial charge on any atom is -0.183 e. The van der Waals surface area contributed by atoms with Crippen molar-refractivity contribution in [3.63, 3.8) is 0 Å². The molecule has 2 heteroatoms. The molecule has 517 valence electrons. The molecule has 0 aromatic heterocycles. The summed E-state index contributed by atoms with van der Waals surface area (Å²) in [6.07, 6.45) is 12.1. The average Bonchev–Trinajstić information content (AvgIpc) is 0.841. The molecule has 0 fully saturated rings. The third-order valence-electron chi connectivity index (χ3n) is 20.0. The predicted molar refractivity (Wildman–Crippen MR) is 446 cm³/mol. The molecule has 0 nitrogen and oxygen atoms in total. The van der Waals surface area contributed by atoms with Crippen molar-refractivity contribution in [1.82, 2.24) is 0 Å². The summed E-state index contributed by atoms with van der Waals surface area (Å²) in [5.74, 6) is 0. The van der Waals surface area contributed by atoms with E-state index in [1.165, 1.54) is 156 Å². The van der Waals surface area contributed by atoms with Gasteiger partial charge in [-0.3, -0.25) is 0 Å². The first-order valence-corrected chi connectivity index (χ1v) is 37.3. The van der Waals surface area contributed by atoms with E-state index in [4.69, 9.17) is 0 Å². The maximum absolute atomic E-state index is 3.70. The Kier molecular flexibility index (Phi) is 26.0. The van der Waals surface area contributed by atoms with E-state index in [0.717, 1.165) is 89.9 Å². The van der Waals surface area contributed by atoms with E-state index < -0.39 is 0 Å². The molecule has 0 saturated carbocycles. The van der Waals surface area contributed by atoms with E-state index in [9.17, 15) is 0 Å². The van der Waals surface area contributed by atoms with E-state index in [1.807, 2.05) is 0 Å². The molecule has 0 heterocycles. The van der Waals surface area contributed by atoms with Gasteiger partial charge in [-0.05, 0) is 223 Å². The summed E-state index contributed by atoms with van der Waals surface area (Å²) in [4.78, 5) is 0. The van der Waals surface area contributed by atoms with E-state index in [-0.39, 0.29) is 42.6 Å². The molecule has 0 aliphatic carbocycles. The number of rotatable bonds is 28. The quantitative estimate of drug-likeness (QED) is 0.0339. The summed E-state index contributed by atoms with van der Waals surface area (Å²) in [6.45, 7) is 0. The summed E-state index contributed by atoms with van der Waals surface area (Å²) < 4.78 is 0. The van der Waals surface area contributed by atoms with E-state index >= 15 is 0 Å². The standard InChI is InChI=1S/C104H89.H3P.Y/c1-9-26-77(27-10-1)44-87-55-88(45-78-28-11-2-12-29-78)60-97(59-87)71-101-67-95(68-102(75-101)72-98-61-89(46-79-30-13-3-14-31-79)56-90(62-98)47-80-32-15-4-16-33-80)53-85-42-25-43-86(52-85)54-96-69-103(73-99-63-91(48-81-34-17-5-18-35-81)57-92(64-99)49-82-36-19-6-20-37-82)76-104(70-96)74-100-65-93(50-83-38-21-7-22-39-83)58-94(66-100)51-84-40-23-8-24-41-84;;/h1-24,26-43,52,55-70,75-76H,44-51,53-54,71-74H2;1H3;/q-1;;. The van der Waals surface area contributed by atoms with Gasteiger partial charge in [0.25, 0.3) is 0 Å². The summed E-state index contributed by atoms with van der Waals surface area (Å²) in [5.41, 5.74) is 37.4. The molecule has 0 spiro atoms. The van der Waals surface area contributed by atoms with Crippen molar-refractivity contribution in [2.75, 3.05) is 0 Å². The Morgan fingerprint density at radius 3 is 0.340 bits per heavy atom. The molecule has 0 amide bonds. The van der Waals surface area contributed by atoms with Crippen molar-refractivity contribution in [2.24, 2.45) is 0 Å². The topological polar surface area (TPSA) is 0 Å². The number of hydrogen-bond acceptors (Lipinski definition) is 0. The molecule has 1 atom stereocenters. The molecule has 15 aromatic rings. The summed E-state index contributed by atoms with van der Waals surface area (Å²) >= 11 is 0. The van der Waals surface area contributed by atoms with Crippen LogP contribution in [0.3, 0.4) is 0 Å². The first-order valence-electron chi connectivity index (χ1n) is 37.3. The molecule has 106 heavy (non-hydrogen) atoms. The van der Waals surface area contributed by atoms with Crippen molar-refractivity contribution in [3.05, 3.63) is 532 Å². The van der Waals surface area contributed by atoms with Crippen molar-refractivity contribution >= 4 is 9.90 Å². The largest absolute Gasteiger partial charge is 0.183 e. The van der Waals surface area contributed by atoms with Crippen LogP contribution in [0.25, 0.3) is 0 Å². The molecule has 1 unspecified atom stereocenters. The minimum absolute atomic E-state index is 0. The van der Waals surface area contributed by atoms with Crippen LogP contribution in [0.1, 0.15) is 156 Å². The normalized spacial score (nSPS) is 11.0. The molecule has 15 aromatic carbocycles. The summed E-state index contributed by atoms with van der Waals surface area (Å²) in [7, 11) is 0. The van der Waals surface area contributed by atoms with Crippen LogP contribution < -0.4 is 0 Å². The summed E-state index contributed by atoms with van der Waals surface area (Å²) in [6, 6.07) is 143. The third-order valence-corrected chi connectivity index (χ3v) is 20.0. The zero-order valence-electron chi connectivity index (χ0n) is 60.9. The average molecular weight is 1460 g/mol. The van der Waals surface area contributed by atoms with Crippen molar-refractivity contribution in [2.45, 2.75) is 89.9 Å². The molecule has 0 aliphatic rings. The second kappa shape index (κ2) is 37.2. The number of hydrogen-bond donors (Lipinski definition) is 0. The molecule has 0 saturated heterocycles. The zero-order chi connectivity index (χ0) is 69.9. The SMILES string of the molecule is P.[Y].[c-]1cc(Cc2cc(Cc3cc(Cc4ccccc4)cc(Cc4ccccc4)c3)cc(Cc3cc(Cc4ccccc4)cc(Cc4ccccc4)c3)c2)cc(Cc2cc(Cc3cc(Cc4ccccc4)cc(Cc4ccccc4)c3)cc(Cc3cc(Cc4ccccc4)cc(Cc4ccccc4)c3)c2)c1. The Hall–Kier alpha value is -10.2. The Bertz CT molecular complexity index is 4400. The van der Waals surface area contributed by atoms with E-state index in [1.54, 1.807) is 0 Å². The van der Waals surface area contributed by atoms with E-state index in [0.29, 0.717) is 0 Å². The van der Waals surface area contributed by atoms with Crippen LogP contribution in [0.15, 0.2) is 370 Å². The van der Waals surface area contributed by atoms with Gasteiger partial charge in [-0.15, -0.1) is 0 Å². The maximum atomic E-state index is 3.70. The Balaban J connectivity index is 0.00000497. The van der Waals surface area contributed by atoms with Gasteiger partial charge in [0.05, 0.1) is 0 Å². The minimum atomic E-state index is 0. The molecular weight excluding hydrogens is 1370 g/mol. The van der Waals surface area contributed by atoms with Crippen LogP contribution in [0.2, 0.25) is 0 Å². The van der Waals surface area contributed by atoms with Crippen LogP contribution in [-0.2, 0) is 123 Å². The fourth-order valence-corrected chi connectivity index (χ4v) is 15.7. The second-order valence-electron chi connectivity index (χ2n) is 29.1. The first kappa shape index (κ1) is 74.1. The molecule has 0 aliphatic heterocycles. The summed E-state index contributed by atoms with van der Waals surface area (Å²) in [5, 5.41) is 0.